The van der Waals surface area contributed by atoms with Crippen LogP contribution in [0, 0.1) is 0 Å². The Hall–Kier alpha value is -2.57. The van der Waals surface area contributed by atoms with Gasteiger partial charge in [-0.2, -0.15) is 0 Å². The normalized spacial score (nSPS) is 15.7. The third-order valence-corrected chi connectivity index (χ3v) is 4.89. The maximum absolute atomic E-state index is 13.2. The van der Waals surface area contributed by atoms with Gasteiger partial charge in [-0.25, -0.2) is 0 Å². The minimum Gasteiger partial charge on any atom is -0.484 e. The van der Waals surface area contributed by atoms with Crippen LogP contribution >= 0.6 is 11.6 Å². The van der Waals surface area contributed by atoms with E-state index >= 15 is 0 Å². The van der Waals surface area contributed by atoms with Gasteiger partial charge in [0.05, 0.1) is 5.41 Å². The summed E-state index contributed by atoms with van der Waals surface area (Å²) >= 11 is 6.15. The van der Waals surface area contributed by atoms with Crippen molar-refractivity contribution in [2.45, 2.75) is 18.3 Å². The molecule has 2 amide bonds. The maximum atomic E-state index is 13.2. The molecule has 0 unspecified atom stereocenters. The summed E-state index contributed by atoms with van der Waals surface area (Å²) in [5.74, 6) is -0.142. The fraction of sp³-hybridized carbons (Fsp3) is 0.300. The Morgan fingerprint density at radius 3 is 2.48 bits per heavy atom. The van der Waals surface area contributed by atoms with Gasteiger partial charge >= 0.3 is 0 Å². The van der Waals surface area contributed by atoms with Crippen LogP contribution in [0.5, 0.6) is 5.75 Å². The second-order valence-electron chi connectivity index (χ2n) is 6.44. The highest BCUT2D eigenvalue weighted by molar-refractivity contribution is 6.30. The summed E-state index contributed by atoms with van der Waals surface area (Å²) in [6, 6.07) is 14.2. The van der Waals surface area contributed by atoms with Crippen LogP contribution < -0.4 is 15.8 Å². The molecule has 0 saturated carbocycles. The summed E-state index contributed by atoms with van der Waals surface area (Å²) < 4.78 is 10.7. The summed E-state index contributed by atoms with van der Waals surface area (Å²) in [5.41, 5.74) is 5.89. The zero-order chi connectivity index (χ0) is 19.3. The molecular formula is C20H21ClN2O4. The molecule has 142 valence electrons. The molecule has 6 nitrogen and oxygen atoms in total. The Labute approximate surface area is 162 Å². The van der Waals surface area contributed by atoms with Gasteiger partial charge in [0.25, 0.3) is 5.91 Å². The Morgan fingerprint density at radius 1 is 1.15 bits per heavy atom. The van der Waals surface area contributed by atoms with Crippen LogP contribution in [0.25, 0.3) is 0 Å². The van der Waals surface area contributed by atoms with Crippen molar-refractivity contribution in [2.24, 2.45) is 5.73 Å². The van der Waals surface area contributed by atoms with E-state index in [0.29, 0.717) is 42.5 Å². The molecule has 27 heavy (non-hydrogen) atoms. The number of hydrogen-bond donors (Lipinski definition) is 2. The van der Waals surface area contributed by atoms with Crippen LogP contribution in [0.4, 0.5) is 5.69 Å². The molecule has 0 radical (unpaired) electrons. The predicted octanol–water partition coefficient (Wildman–Crippen LogP) is 2.89. The Bertz CT molecular complexity index is 817. The van der Waals surface area contributed by atoms with Crippen molar-refractivity contribution < 1.29 is 19.1 Å². The van der Waals surface area contributed by atoms with Crippen molar-refractivity contribution in [1.82, 2.24) is 0 Å². The van der Waals surface area contributed by atoms with Crippen molar-refractivity contribution in [3.63, 3.8) is 0 Å². The molecule has 1 fully saturated rings. The molecule has 3 N–H and O–H groups in total. The van der Waals surface area contributed by atoms with Gasteiger partial charge < -0.3 is 20.5 Å². The van der Waals surface area contributed by atoms with Gasteiger partial charge in [0.15, 0.2) is 6.61 Å². The van der Waals surface area contributed by atoms with Crippen LogP contribution in [0.1, 0.15) is 18.4 Å². The van der Waals surface area contributed by atoms with E-state index in [-0.39, 0.29) is 12.5 Å². The number of benzene rings is 2. The third kappa shape index (κ3) is 4.59. The van der Waals surface area contributed by atoms with E-state index in [2.05, 4.69) is 5.32 Å². The molecule has 0 aromatic heterocycles. The van der Waals surface area contributed by atoms with Gasteiger partial charge in [-0.3, -0.25) is 9.59 Å². The number of amides is 2. The fourth-order valence-corrected chi connectivity index (χ4v) is 3.38. The number of carbonyl (C=O) groups excluding carboxylic acids is 2. The van der Waals surface area contributed by atoms with Gasteiger partial charge in [-0.1, -0.05) is 23.7 Å². The third-order valence-electron chi connectivity index (χ3n) is 4.65. The van der Waals surface area contributed by atoms with Crippen molar-refractivity contribution in [1.29, 1.82) is 0 Å². The first-order valence-corrected chi connectivity index (χ1v) is 9.04. The highest BCUT2D eigenvalue weighted by Gasteiger charge is 2.41. The molecule has 3 rings (SSSR count). The molecule has 1 heterocycles. The first kappa shape index (κ1) is 19.2. The summed E-state index contributed by atoms with van der Waals surface area (Å²) in [6.07, 6.45) is 1.16. The van der Waals surface area contributed by atoms with E-state index in [1.54, 1.807) is 30.3 Å². The topological polar surface area (TPSA) is 90.7 Å². The van der Waals surface area contributed by atoms with Gasteiger partial charge in [0.1, 0.15) is 5.75 Å². The number of carbonyl (C=O) groups is 2. The molecular weight excluding hydrogens is 368 g/mol. The molecule has 0 spiro atoms. The number of halogens is 1. The van der Waals surface area contributed by atoms with Crippen LogP contribution in [-0.4, -0.2) is 31.6 Å². The molecule has 0 aliphatic carbocycles. The van der Waals surface area contributed by atoms with Gasteiger partial charge in [-0.05, 0) is 54.8 Å². The molecule has 7 heteroatoms. The number of hydrogen-bond acceptors (Lipinski definition) is 4. The number of rotatable bonds is 6. The minimum absolute atomic E-state index is 0.0983. The van der Waals surface area contributed by atoms with E-state index in [9.17, 15) is 9.59 Å². The number of anilines is 1. The first-order chi connectivity index (χ1) is 13.0. The minimum atomic E-state index is -0.690. The molecule has 1 aliphatic rings. The van der Waals surface area contributed by atoms with Crippen LogP contribution in [0.2, 0.25) is 5.02 Å². The fourth-order valence-electron chi connectivity index (χ4n) is 3.19. The molecule has 0 bridgehead atoms. The van der Waals surface area contributed by atoms with Crippen molar-refractivity contribution >= 4 is 29.1 Å². The Kier molecular flexibility index (Phi) is 5.98. The van der Waals surface area contributed by atoms with Crippen molar-refractivity contribution in [2.75, 3.05) is 25.1 Å². The SMILES string of the molecule is NC(=O)COc1ccc(NC(=O)C2(c3cccc(Cl)c3)CCOCC2)cc1. The highest BCUT2D eigenvalue weighted by Crippen LogP contribution is 2.37. The Morgan fingerprint density at radius 2 is 1.85 bits per heavy atom. The van der Waals surface area contributed by atoms with E-state index in [4.69, 9.17) is 26.8 Å². The predicted molar refractivity (Wildman–Crippen MR) is 103 cm³/mol. The van der Waals surface area contributed by atoms with Crippen molar-refractivity contribution in [3.05, 3.63) is 59.1 Å². The summed E-state index contributed by atoms with van der Waals surface area (Å²) in [4.78, 5) is 24.0. The summed E-state index contributed by atoms with van der Waals surface area (Å²) in [6.45, 7) is 0.837. The largest absolute Gasteiger partial charge is 0.484 e. The maximum Gasteiger partial charge on any atom is 0.255 e. The number of nitrogens with two attached hydrogens (primary N) is 1. The molecule has 0 atom stereocenters. The number of nitrogens with one attached hydrogen (secondary N) is 1. The lowest BCUT2D eigenvalue weighted by Gasteiger charge is -2.36. The molecule has 1 aliphatic heterocycles. The van der Waals surface area contributed by atoms with Crippen molar-refractivity contribution in [3.8, 4) is 5.75 Å². The highest BCUT2D eigenvalue weighted by atomic mass is 35.5. The number of primary amides is 1. The second kappa shape index (κ2) is 8.41. The van der Waals surface area contributed by atoms with Crippen LogP contribution in [0.15, 0.2) is 48.5 Å². The molecule has 1 saturated heterocycles. The van der Waals surface area contributed by atoms with E-state index in [0.717, 1.165) is 5.56 Å². The Balaban J connectivity index is 1.78. The van der Waals surface area contributed by atoms with Gasteiger partial charge in [0.2, 0.25) is 5.91 Å². The van der Waals surface area contributed by atoms with E-state index in [1.807, 2.05) is 18.2 Å². The first-order valence-electron chi connectivity index (χ1n) is 8.66. The lowest BCUT2D eigenvalue weighted by molar-refractivity contribution is -0.125. The smallest absolute Gasteiger partial charge is 0.255 e. The van der Waals surface area contributed by atoms with E-state index < -0.39 is 11.3 Å². The standard InChI is InChI=1S/C20H21ClN2O4/c21-15-3-1-2-14(12-15)20(8-10-26-11-9-20)19(25)23-16-4-6-17(7-5-16)27-13-18(22)24/h1-7,12H,8-11,13H2,(H2,22,24)(H,23,25). The molecule has 2 aromatic carbocycles. The molecule has 2 aromatic rings. The van der Waals surface area contributed by atoms with Gasteiger partial charge in [0, 0.05) is 23.9 Å². The van der Waals surface area contributed by atoms with Crippen LogP contribution in [0.3, 0.4) is 0 Å². The zero-order valence-electron chi connectivity index (χ0n) is 14.7. The average Bonchev–Trinajstić information content (AvgIpc) is 2.68. The summed E-state index contributed by atoms with van der Waals surface area (Å²) in [7, 11) is 0. The second-order valence-corrected chi connectivity index (χ2v) is 6.87. The van der Waals surface area contributed by atoms with E-state index in [1.165, 1.54) is 0 Å². The summed E-state index contributed by atoms with van der Waals surface area (Å²) in [5, 5.41) is 3.58. The average molecular weight is 389 g/mol. The quantitative estimate of drug-likeness (QED) is 0.796. The lowest BCUT2D eigenvalue weighted by Crippen LogP contribution is -2.44. The number of ether oxygens (including phenoxy) is 2. The zero-order valence-corrected chi connectivity index (χ0v) is 15.5. The monoisotopic (exact) mass is 388 g/mol. The van der Waals surface area contributed by atoms with Gasteiger partial charge in [-0.15, -0.1) is 0 Å². The van der Waals surface area contributed by atoms with Crippen LogP contribution in [-0.2, 0) is 19.7 Å². The lowest BCUT2D eigenvalue weighted by atomic mass is 9.73.